The van der Waals surface area contributed by atoms with Crippen molar-refractivity contribution in [3.63, 3.8) is 0 Å². The van der Waals surface area contributed by atoms with Crippen molar-refractivity contribution in [3.8, 4) is 0 Å². The largest absolute Gasteiger partial charge is 0.388 e. The molecule has 0 radical (unpaired) electrons. The Bertz CT molecular complexity index is 328. The molecule has 1 unspecified atom stereocenters. The second kappa shape index (κ2) is 6.87. The molecule has 1 aromatic rings. The van der Waals surface area contributed by atoms with Crippen LogP contribution in [-0.2, 0) is 0 Å². The van der Waals surface area contributed by atoms with Crippen LogP contribution < -0.4 is 0 Å². The lowest BCUT2D eigenvalue weighted by Crippen LogP contribution is -1.99. The third-order valence-corrected chi connectivity index (χ3v) is 3.07. The van der Waals surface area contributed by atoms with E-state index in [0.717, 1.165) is 19.3 Å². The quantitative estimate of drug-likeness (QED) is 0.732. The van der Waals surface area contributed by atoms with Gasteiger partial charge in [-0.1, -0.05) is 56.3 Å². The van der Waals surface area contributed by atoms with Crippen LogP contribution >= 0.6 is 11.6 Å². The number of hydrogen-bond donors (Lipinski definition) is 1. The molecule has 0 heterocycles. The second-order valence-corrected chi connectivity index (χ2v) is 4.39. The molecule has 3 heteroatoms. The van der Waals surface area contributed by atoms with E-state index in [-0.39, 0.29) is 5.02 Å². The van der Waals surface area contributed by atoms with Gasteiger partial charge in [-0.05, 0) is 12.5 Å². The van der Waals surface area contributed by atoms with E-state index in [1.807, 2.05) is 0 Å². The van der Waals surface area contributed by atoms with E-state index in [4.69, 9.17) is 11.6 Å². The summed E-state index contributed by atoms with van der Waals surface area (Å²) in [7, 11) is 0. The summed E-state index contributed by atoms with van der Waals surface area (Å²) in [5.74, 6) is -0.466. The summed E-state index contributed by atoms with van der Waals surface area (Å²) in [4.78, 5) is 0. The monoisotopic (exact) mass is 244 g/mol. The van der Waals surface area contributed by atoms with Gasteiger partial charge in [0.1, 0.15) is 5.82 Å². The van der Waals surface area contributed by atoms with E-state index in [2.05, 4.69) is 6.92 Å². The third kappa shape index (κ3) is 3.76. The van der Waals surface area contributed by atoms with Crippen molar-refractivity contribution in [3.05, 3.63) is 34.6 Å². The lowest BCUT2D eigenvalue weighted by molar-refractivity contribution is 0.163. The maximum atomic E-state index is 13.1. The molecule has 1 aromatic carbocycles. The van der Waals surface area contributed by atoms with E-state index in [0.29, 0.717) is 12.0 Å². The maximum Gasteiger partial charge on any atom is 0.142 e. The first kappa shape index (κ1) is 13.5. The van der Waals surface area contributed by atoms with Gasteiger partial charge in [0.25, 0.3) is 0 Å². The molecule has 90 valence electrons. The van der Waals surface area contributed by atoms with Gasteiger partial charge in [-0.15, -0.1) is 0 Å². The molecule has 0 fully saturated rings. The zero-order valence-electron chi connectivity index (χ0n) is 9.55. The highest BCUT2D eigenvalue weighted by Gasteiger charge is 2.13. The average Bonchev–Trinajstić information content (AvgIpc) is 2.28. The Labute approximate surface area is 101 Å². The second-order valence-electron chi connectivity index (χ2n) is 4.01. The van der Waals surface area contributed by atoms with Gasteiger partial charge in [-0.3, -0.25) is 0 Å². The van der Waals surface area contributed by atoms with Crippen LogP contribution in [0.4, 0.5) is 4.39 Å². The highest BCUT2D eigenvalue weighted by Crippen LogP contribution is 2.28. The highest BCUT2D eigenvalue weighted by atomic mass is 35.5. The van der Waals surface area contributed by atoms with E-state index < -0.39 is 11.9 Å². The van der Waals surface area contributed by atoms with E-state index in [1.165, 1.54) is 12.5 Å². The van der Waals surface area contributed by atoms with Crippen molar-refractivity contribution < 1.29 is 9.50 Å². The molecule has 1 N–H and O–H groups in total. The van der Waals surface area contributed by atoms with Gasteiger partial charge in [-0.2, -0.15) is 0 Å². The van der Waals surface area contributed by atoms with E-state index in [1.54, 1.807) is 12.1 Å². The van der Waals surface area contributed by atoms with E-state index in [9.17, 15) is 9.50 Å². The molecule has 1 atom stereocenters. The summed E-state index contributed by atoms with van der Waals surface area (Å²) in [6.45, 7) is 2.14. The Morgan fingerprint density at radius 1 is 1.31 bits per heavy atom. The van der Waals surface area contributed by atoms with Crippen molar-refractivity contribution in [1.82, 2.24) is 0 Å². The molecular weight excluding hydrogens is 227 g/mol. The molecule has 1 rings (SSSR count). The van der Waals surface area contributed by atoms with Crippen molar-refractivity contribution in [2.45, 2.75) is 45.1 Å². The fraction of sp³-hybridized carbons (Fsp3) is 0.538. The molecule has 16 heavy (non-hydrogen) atoms. The highest BCUT2D eigenvalue weighted by molar-refractivity contribution is 6.31. The van der Waals surface area contributed by atoms with Crippen LogP contribution in [0.2, 0.25) is 5.02 Å². The molecule has 0 aliphatic rings. The fourth-order valence-electron chi connectivity index (χ4n) is 1.70. The Balaban J connectivity index is 2.52. The van der Waals surface area contributed by atoms with Crippen molar-refractivity contribution in [1.29, 1.82) is 0 Å². The van der Waals surface area contributed by atoms with Crippen LogP contribution in [0, 0.1) is 5.82 Å². The molecular formula is C13H18ClFO. The van der Waals surface area contributed by atoms with Gasteiger partial charge in [0.15, 0.2) is 0 Å². The average molecular weight is 245 g/mol. The molecule has 0 aliphatic heterocycles. The van der Waals surface area contributed by atoms with Gasteiger partial charge in [0.05, 0.1) is 11.1 Å². The molecule has 0 bridgehead atoms. The fourth-order valence-corrected chi connectivity index (χ4v) is 1.95. The van der Waals surface area contributed by atoms with Crippen LogP contribution in [0.5, 0.6) is 0 Å². The lowest BCUT2D eigenvalue weighted by Gasteiger charge is -2.12. The van der Waals surface area contributed by atoms with Crippen LogP contribution in [0.1, 0.15) is 50.7 Å². The SMILES string of the molecule is CCCCCCC(O)c1cccc(F)c1Cl. The first-order valence-electron chi connectivity index (χ1n) is 5.78. The first-order chi connectivity index (χ1) is 7.66. The van der Waals surface area contributed by atoms with Crippen molar-refractivity contribution in [2.75, 3.05) is 0 Å². The number of aliphatic hydroxyl groups excluding tert-OH is 1. The Morgan fingerprint density at radius 3 is 2.75 bits per heavy atom. The van der Waals surface area contributed by atoms with Gasteiger partial charge < -0.3 is 5.11 Å². The predicted molar refractivity (Wildman–Crippen MR) is 65.1 cm³/mol. The minimum atomic E-state index is -0.653. The Morgan fingerprint density at radius 2 is 2.06 bits per heavy atom. The molecule has 1 nitrogen and oxygen atoms in total. The number of hydrogen-bond acceptors (Lipinski definition) is 1. The first-order valence-corrected chi connectivity index (χ1v) is 6.16. The Kier molecular flexibility index (Phi) is 5.78. The summed E-state index contributed by atoms with van der Waals surface area (Å²) in [6.07, 6.45) is 4.37. The number of aliphatic hydroxyl groups is 1. The maximum absolute atomic E-state index is 13.1. The molecule has 0 saturated heterocycles. The van der Waals surface area contributed by atoms with Crippen LogP contribution in [0.15, 0.2) is 18.2 Å². The summed E-state index contributed by atoms with van der Waals surface area (Å²) < 4.78 is 13.1. The molecule has 0 saturated carbocycles. The summed E-state index contributed by atoms with van der Waals surface area (Å²) in [5.41, 5.74) is 0.498. The number of rotatable bonds is 6. The van der Waals surface area contributed by atoms with Crippen LogP contribution in [0.3, 0.4) is 0 Å². The van der Waals surface area contributed by atoms with E-state index >= 15 is 0 Å². The molecule has 0 aromatic heterocycles. The summed E-state index contributed by atoms with van der Waals surface area (Å²) in [5, 5.41) is 9.92. The predicted octanol–water partition coefficient (Wildman–Crippen LogP) is 4.48. The number of benzene rings is 1. The van der Waals surface area contributed by atoms with Crippen molar-refractivity contribution >= 4 is 11.6 Å². The normalized spacial score (nSPS) is 12.8. The minimum Gasteiger partial charge on any atom is -0.388 e. The molecule has 0 amide bonds. The van der Waals surface area contributed by atoms with Gasteiger partial charge >= 0.3 is 0 Å². The minimum absolute atomic E-state index is 0.0468. The standard InChI is InChI=1S/C13H18ClFO/c1-2-3-4-5-9-12(16)10-7-6-8-11(15)13(10)14/h6-8,12,16H,2-5,9H2,1H3. The zero-order chi connectivity index (χ0) is 12.0. The number of unbranched alkanes of at least 4 members (excludes halogenated alkanes) is 3. The summed E-state index contributed by atoms with van der Waals surface area (Å²) in [6, 6.07) is 4.55. The molecule has 0 aliphatic carbocycles. The number of halogens is 2. The van der Waals surface area contributed by atoms with Gasteiger partial charge in [0.2, 0.25) is 0 Å². The Hall–Kier alpha value is -0.600. The van der Waals surface area contributed by atoms with Gasteiger partial charge in [-0.25, -0.2) is 4.39 Å². The lowest BCUT2D eigenvalue weighted by atomic mass is 10.0. The van der Waals surface area contributed by atoms with Gasteiger partial charge in [0, 0.05) is 5.56 Å². The zero-order valence-corrected chi connectivity index (χ0v) is 10.3. The van der Waals surface area contributed by atoms with Crippen LogP contribution in [0.25, 0.3) is 0 Å². The summed E-state index contributed by atoms with van der Waals surface area (Å²) >= 11 is 5.79. The smallest absolute Gasteiger partial charge is 0.142 e. The topological polar surface area (TPSA) is 20.2 Å². The van der Waals surface area contributed by atoms with Crippen LogP contribution in [-0.4, -0.2) is 5.11 Å². The molecule has 0 spiro atoms. The van der Waals surface area contributed by atoms with Crippen molar-refractivity contribution in [2.24, 2.45) is 0 Å². The third-order valence-electron chi connectivity index (χ3n) is 2.67.